The van der Waals surface area contributed by atoms with Crippen LogP contribution in [0.2, 0.25) is 0 Å². The van der Waals surface area contributed by atoms with Crippen molar-refractivity contribution in [1.82, 2.24) is 15.0 Å². The van der Waals surface area contributed by atoms with E-state index in [0.717, 1.165) is 5.56 Å². The van der Waals surface area contributed by atoms with Gasteiger partial charge in [0.2, 0.25) is 0 Å². The Labute approximate surface area is 98.6 Å². The fraction of sp³-hybridized carbons (Fsp3) is 0.250. The number of hydrogen-bond acceptors (Lipinski definition) is 3. The van der Waals surface area contributed by atoms with Crippen LogP contribution in [0.5, 0.6) is 0 Å². The topological polar surface area (TPSA) is 78.9 Å². The van der Waals surface area contributed by atoms with Gasteiger partial charge in [-0.05, 0) is 18.1 Å². The second-order valence-corrected chi connectivity index (χ2v) is 4.04. The summed E-state index contributed by atoms with van der Waals surface area (Å²) in [6.07, 6.45) is 3.29. The van der Waals surface area contributed by atoms with Gasteiger partial charge in [-0.3, -0.25) is 4.98 Å². The number of aromatic amines is 1. The molecule has 88 valence electrons. The molecular weight excluding hydrogens is 218 g/mol. The molecule has 2 aromatic rings. The van der Waals surface area contributed by atoms with E-state index >= 15 is 0 Å². The van der Waals surface area contributed by atoms with Crippen LogP contribution in [0.15, 0.2) is 24.5 Å². The van der Waals surface area contributed by atoms with Gasteiger partial charge in [0, 0.05) is 18.0 Å². The normalized spacial score (nSPS) is 10.8. The maximum absolute atomic E-state index is 11.1. The molecule has 0 saturated heterocycles. The van der Waals surface area contributed by atoms with Gasteiger partial charge < -0.3 is 10.1 Å². The molecule has 0 saturated carbocycles. The highest BCUT2D eigenvalue weighted by molar-refractivity contribution is 5.87. The van der Waals surface area contributed by atoms with Crippen molar-refractivity contribution < 1.29 is 9.90 Å². The third-order valence-corrected chi connectivity index (χ3v) is 2.47. The zero-order valence-corrected chi connectivity index (χ0v) is 9.64. The van der Waals surface area contributed by atoms with Gasteiger partial charge >= 0.3 is 5.97 Å². The maximum atomic E-state index is 11.1. The minimum Gasteiger partial charge on any atom is -0.476 e. The summed E-state index contributed by atoms with van der Waals surface area (Å²) in [5, 5.41) is 9.08. The van der Waals surface area contributed by atoms with Gasteiger partial charge in [0.05, 0.1) is 5.69 Å². The average molecular weight is 231 g/mol. The Bertz CT molecular complexity index is 532. The van der Waals surface area contributed by atoms with Crippen LogP contribution in [0, 0.1) is 0 Å². The molecule has 0 fully saturated rings. The van der Waals surface area contributed by atoms with Crippen LogP contribution < -0.4 is 0 Å². The molecule has 0 spiro atoms. The van der Waals surface area contributed by atoms with Crippen molar-refractivity contribution in [3.8, 4) is 11.4 Å². The van der Waals surface area contributed by atoms with Crippen LogP contribution in [0.4, 0.5) is 0 Å². The number of aromatic nitrogens is 3. The van der Waals surface area contributed by atoms with E-state index in [1.54, 1.807) is 24.5 Å². The molecule has 5 nitrogen and oxygen atoms in total. The number of aromatic carboxylic acids is 1. The van der Waals surface area contributed by atoms with E-state index in [1.807, 2.05) is 13.8 Å². The number of imidazole rings is 1. The first-order valence-electron chi connectivity index (χ1n) is 5.33. The zero-order valence-electron chi connectivity index (χ0n) is 9.64. The Morgan fingerprint density at radius 1 is 1.35 bits per heavy atom. The smallest absolute Gasteiger partial charge is 0.356 e. The number of nitrogens with one attached hydrogen (secondary N) is 1. The summed E-state index contributed by atoms with van der Waals surface area (Å²) < 4.78 is 0. The monoisotopic (exact) mass is 231 g/mol. The second kappa shape index (κ2) is 4.37. The number of pyridine rings is 1. The van der Waals surface area contributed by atoms with Gasteiger partial charge in [-0.25, -0.2) is 9.78 Å². The summed E-state index contributed by atoms with van der Waals surface area (Å²) in [5.41, 5.74) is 1.56. The molecule has 2 rings (SSSR count). The van der Waals surface area contributed by atoms with Crippen LogP contribution in [-0.2, 0) is 0 Å². The molecule has 0 unspecified atom stereocenters. The molecule has 0 radical (unpaired) electrons. The fourth-order valence-corrected chi connectivity index (χ4v) is 1.61. The number of carbonyl (C=O) groups is 1. The molecule has 2 heterocycles. The lowest BCUT2D eigenvalue weighted by Crippen LogP contribution is -2.02. The predicted molar refractivity (Wildman–Crippen MR) is 62.9 cm³/mol. The molecule has 0 aromatic carbocycles. The van der Waals surface area contributed by atoms with Crippen molar-refractivity contribution in [2.45, 2.75) is 19.8 Å². The van der Waals surface area contributed by atoms with E-state index in [0.29, 0.717) is 11.5 Å². The first-order valence-corrected chi connectivity index (χ1v) is 5.33. The predicted octanol–water partition coefficient (Wildman–Crippen LogP) is 2.29. The Hall–Kier alpha value is -2.17. The molecule has 0 aliphatic rings. The zero-order chi connectivity index (χ0) is 12.4. The first-order chi connectivity index (χ1) is 8.09. The molecular formula is C12H13N3O2. The number of rotatable bonds is 3. The average Bonchev–Trinajstić information content (AvgIpc) is 2.75. The molecule has 0 bridgehead atoms. The molecule has 0 aliphatic carbocycles. The Kier molecular flexibility index (Phi) is 2.91. The highest BCUT2D eigenvalue weighted by atomic mass is 16.4. The minimum atomic E-state index is -1.01. The largest absolute Gasteiger partial charge is 0.476 e. The standard InChI is InChI=1S/C12H13N3O2/c1-7(2)9-10(12(16)17)15-11(14-9)8-3-5-13-6-4-8/h3-7H,1-2H3,(H,14,15)(H,16,17). The summed E-state index contributed by atoms with van der Waals surface area (Å²) in [6, 6.07) is 3.57. The third-order valence-electron chi connectivity index (χ3n) is 2.47. The van der Waals surface area contributed by atoms with Gasteiger partial charge in [-0.2, -0.15) is 0 Å². The number of carboxylic acids is 1. The fourth-order valence-electron chi connectivity index (χ4n) is 1.61. The van der Waals surface area contributed by atoms with Crippen molar-refractivity contribution >= 4 is 5.97 Å². The van der Waals surface area contributed by atoms with Gasteiger partial charge in [-0.15, -0.1) is 0 Å². The summed E-state index contributed by atoms with van der Waals surface area (Å²) in [5.74, 6) is -0.358. The molecule has 0 atom stereocenters. The SMILES string of the molecule is CC(C)c1[nH]c(-c2ccncc2)nc1C(=O)O. The van der Waals surface area contributed by atoms with Crippen molar-refractivity contribution in [1.29, 1.82) is 0 Å². The number of hydrogen-bond donors (Lipinski definition) is 2. The van der Waals surface area contributed by atoms with Crippen LogP contribution in [-0.4, -0.2) is 26.0 Å². The summed E-state index contributed by atoms with van der Waals surface area (Å²) in [4.78, 5) is 22.2. The minimum absolute atomic E-state index is 0.0872. The quantitative estimate of drug-likeness (QED) is 0.849. The van der Waals surface area contributed by atoms with Crippen LogP contribution in [0.25, 0.3) is 11.4 Å². The third kappa shape index (κ3) is 2.18. The molecule has 17 heavy (non-hydrogen) atoms. The lowest BCUT2D eigenvalue weighted by Gasteiger charge is -2.01. The van der Waals surface area contributed by atoms with Crippen LogP contribution in [0.1, 0.15) is 35.9 Å². The van der Waals surface area contributed by atoms with Gasteiger partial charge in [-0.1, -0.05) is 13.8 Å². The number of H-pyrrole nitrogens is 1. The maximum Gasteiger partial charge on any atom is 0.356 e. The Morgan fingerprint density at radius 2 is 2.00 bits per heavy atom. The van der Waals surface area contributed by atoms with Crippen molar-refractivity contribution in [2.75, 3.05) is 0 Å². The molecule has 2 aromatic heterocycles. The highest BCUT2D eigenvalue weighted by Crippen LogP contribution is 2.22. The first kappa shape index (κ1) is 11.3. The van der Waals surface area contributed by atoms with E-state index in [1.165, 1.54) is 0 Å². The Balaban J connectivity index is 2.51. The summed E-state index contributed by atoms with van der Waals surface area (Å²) in [7, 11) is 0. The van der Waals surface area contributed by atoms with Crippen molar-refractivity contribution in [3.05, 3.63) is 35.9 Å². The molecule has 2 N–H and O–H groups in total. The van der Waals surface area contributed by atoms with Crippen molar-refractivity contribution in [2.24, 2.45) is 0 Å². The summed E-state index contributed by atoms with van der Waals surface area (Å²) in [6.45, 7) is 3.85. The molecule has 0 amide bonds. The van der Waals surface area contributed by atoms with Gasteiger partial charge in [0.1, 0.15) is 5.82 Å². The van der Waals surface area contributed by atoms with Gasteiger partial charge in [0.15, 0.2) is 5.69 Å². The molecule has 0 aliphatic heterocycles. The van der Waals surface area contributed by atoms with E-state index in [2.05, 4.69) is 15.0 Å². The lowest BCUT2D eigenvalue weighted by molar-refractivity contribution is 0.0689. The van der Waals surface area contributed by atoms with E-state index < -0.39 is 5.97 Å². The van der Waals surface area contributed by atoms with E-state index in [9.17, 15) is 4.79 Å². The van der Waals surface area contributed by atoms with Crippen molar-refractivity contribution in [3.63, 3.8) is 0 Å². The van der Waals surface area contributed by atoms with Gasteiger partial charge in [0.25, 0.3) is 0 Å². The van der Waals surface area contributed by atoms with E-state index in [4.69, 9.17) is 5.11 Å². The number of carboxylic acid groups (broad SMARTS) is 1. The van der Waals surface area contributed by atoms with E-state index in [-0.39, 0.29) is 11.6 Å². The molecule has 5 heteroatoms. The van der Waals surface area contributed by atoms with Crippen LogP contribution >= 0.6 is 0 Å². The highest BCUT2D eigenvalue weighted by Gasteiger charge is 2.19. The number of nitrogens with zero attached hydrogens (tertiary/aromatic N) is 2. The lowest BCUT2D eigenvalue weighted by atomic mass is 10.1. The second-order valence-electron chi connectivity index (χ2n) is 4.04. The summed E-state index contributed by atoms with van der Waals surface area (Å²) >= 11 is 0. The van der Waals surface area contributed by atoms with Crippen LogP contribution in [0.3, 0.4) is 0 Å². The Morgan fingerprint density at radius 3 is 2.47 bits per heavy atom.